The molecule has 0 spiro atoms. The molecular formula is C20H31O3-. The van der Waals surface area contributed by atoms with Gasteiger partial charge in [-0.25, -0.2) is 0 Å². The van der Waals surface area contributed by atoms with Crippen LogP contribution in [0.3, 0.4) is 0 Å². The highest BCUT2D eigenvalue weighted by molar-refractivity contribution is 5.77. The molecule has 0 atom stereocenters. The van der Waals surface area contributed by atoms with Gasteiger partial charge in [0.2, 0.25) is 0 Å². The van der Waals surface area contributed by atoms with Gasteiger partial charge in [0.25, 0.3) is 0 Å². The van der Waals surface area contributed by atoms with Crippen molar-refractivity contribution < 1.29 is 15.0 Å². The van der Waals surface area contributed by atoms with E-state index in [4.69, 9.17) is 5.11 Å². The third kappa shape index (κ3) is 20.4. The van der Waals surface area contributed by atoms with Crippen molar-refractivity contribution in [1.82, 2.24) is 0 Å². The van der Waals surface area contributed by atoms with Gasteiger partial charge in [0.15, 0.2) is 0 Å². The van der Waals surface area contributed by atoms with Gasteiger partial charge in [0.05, 0.1) is 5.97 Å². The number of rotatable bonds is 15. The summed E-state index contributed by atoms with van der Waals surface area (Å²) in [5, 5.41) is 18.8. The summed E-state index contributed by atoms with van der Waals surface area (Å²) in [7, 11) is 0. The molecule has 0 rings (SSSR count). The number of aliphatic hydroxyl groups is 1. The van der Waals surface area contributed by atoms with Crippen molar-refractivity contribution in [2.45, 2.75) is 64.2 Å². The number of unbranched alkanes of at least 4 members (excludes halogenated alkanes) is 9. The molecular weight excluding hydrogens is 288 g/mol. The second-order valence-corrected chi connectivity index (χ2v) is 5.57. The zero-order valence-electron chi connectivity index (χ0n) is 14.2. The fraction of sp³-hybridized carbons (Fsp3) is 0.550. The van der Waals surface area contributed by atoms with E-state index in [1.165, 1.54) is 51.0 Å². The highest BCUT2D eigenvalue weighted by atomic mass is 16.4. The van der Waals surface area contributed by atoms with Crippen LogP contribution in [0.4, 0.5) is 0 Å². The molecule has 0 fully saturated rings. The maximum atomic E-state index is 10.1. The lowest BCUT2D eigenvalue weighted by molar-refractivity contribution is -0.297. The molecule has 0 saturated heterocycles. The fourth-order valence-electron chi connectivity index (χ4n) is 2.18. The molecule has 3 nitrogen and oxygen atoms in total. The highest BCUT2D eigenvalue weighted by Crippen LogP contribution is 2.10. The number of carbonyl (C=O) groups excluding carboxylic acids is 1. The van der Waals surface area contributed by atoms with E-state index in [-0.39, 0.29) is 0 Å². The Balaban J connectivity index is 3.32. The maximum Gasteiger partial charge on any atom is 0.0642 e. The summed E-state index contributed by atoms with van der Waals surface area (Å²) in [5.41, 5.74) is 0. The predicted octanol–water partition coefficient (Wildman–Crippen LogP) is 3.85. The van der Waals surface area contributed by atoms with Crippen LogP contribution in [0.2, 0.25) is 0 Å². The lowest BCUT2D eigenvalue weighted by Crippen LogP contribution is -2.18. The van der Waals surface area contributed by atoms with Gasteiger partial charge in [-0.2, -0.15) is 0 Å². The van der Waals surface area contributed by atoms with Crippen LogP contribution in [0.1, 0.15) is 64.2 Å². The predicted molar refractivity (Wildman–Crippen MR) is 94.8 cm³/mol. The van der Waals surface area contributed by atoms with Gasteiger partial charge >= 0.3 is 0 Å². The Bertz CT molecular complexity index is 378. The molecule has 3 heteroatoms. The number of carbonyl (C=O) groups is 1. The molecule has 1 N–H and O–H groups in total. The zero-order chi connectivity index (χ0) is 17.0. The van der Waals surface area contributed by atoms with Crippen molar-refractivity contribution in [2.75, 3.05) is 6.61 Å². The summed E-state index contributed by atoms with van der Waals surface area (Å²) in [6.07, 6.45) is 26.1. The van der Waals surface area contributed by atoms with E-state index in [0.717, 1.165) is 25.3 Å². The second-order valence-electron chi connectivity index (χ2n) is 5.57. The summed E-state index contributed by atoms with van der Waals surface area (Å²) in [5.74, 6) is -1.18. The minimum Gasteiger partial charge on any atom is -0.545 e. The van der Waals surface area contributed by atoms with Crippen LogP contribution in [0, 0.1) is 0 Å². The first-order chi connectivity index (χ1) is 11.3. The highest BCUT2D eigenvalue weighted by Gasteiger charge is 1.91. The molecule has 0 amide bonds. The van der Waals surface area contributed by atoms with Gasteiger partial charge in [-0.1, -0.05) is 87.5 Å². The first kappa shape index (κ1) is 21.4. The van der Waals surface area contributed by atoms with Crippen LogP contribution in [-0.4, -0.2) is 17.7 Å². The Morgan fingerprint density at radius 1 is 0.696 bits per heavy atom. The Morgan fingerprint density at radius 2 is 1.17 bits per heavy atom. The molecule has 0 aromatic carbocycles. The van der Waals surface area contributed by atoms with Crippen molar-refractivity contribution in [3.63, 3.8) is 0 Å². The quantitative estimate of drug-likeness (QED) is 0.283. The number of aliphatic carboxylic acids is 1. The van der Waals surface area contributed by atoms with Gasteiger partial charge in [0.1, 0.15) is 0 Å². The number of hydrogen-bond acceptors (Lipinski definition) is 3. The van der Waals surface area contributed by atoms with Crippen LogP contribution in [0.25, 0.3) is 0 Å². The van der Waals surface area contributed by atoms with E-state index in [1.54, 1.807) is 12.2 Å². The Labute approximate surface area is 141 Å². The van der Waals surface area contributed by atoms with E-state index in [1.807, 2.05) is 18.2 Å². The average Bonchev–Trinajstić information content (AvgIpc) is 2.53. The first-order valence-electron chi connectivity index (χ1n) is 8.75. The van der Waals surface area contributed by atoms with Crippen LogP contribution >= 0.6 is 0 Å². The fourth-order valence-corrected chi connectivity index (χ4v) is 2.18. The van der Waals surface area contributed by atoms with Crippen LogP contribution in [-0.2, 0) is 4.79 Å². The summed E-state index contributed by atoms with van der Waals surface area (Å²) >= 11 is 0. The van der Waals surface area contributed by atoms with Crippen molar-refractivity contribution in [3.8, 4) is 0 Å². The lowest BCUT2D eigenvalue weighted by atomic mass is 10.1. The summed E-state index contributed by atoms with van der Waals surface area (Å²) in [6.45, 7) is 0.332. The van der Waals surface area contributed by atoms with Crippen molar-refractivity contribution in [1.29, 1.82) is 0 Å². The Hall–Kier alpha value is -1.61. The van der Waals surface area contributed by atoms with E-state index in [2.05, 4.69) is 6.08 Å². The number of hydrogen-bond donors (Lipinski definition) is 1. The SMILES string of the molecule is O=C([O-])/C=C/C=C/C=C/C=C/CCCCCCCCCCCO. The minimum atomic E-state index is -1.18. The molecule has 0 aromatic rings. The standard InChI is InChI=1S/C20H32O3/c21-19-17-15-13-11-9-7-5-3-1-2-4-6-8-10-12-14-16-18-20(22)23/h4,6,8,10,12,14,16,18,21H,1-3,5,7,9,11,13,15,17,19H2,(H,22,23)/p-1/b6-4+,10-8+,14-12+,18-16+. The molecule has 0 aliphatic heterocycles. The molecule has 23 heavy (non-hydrogen) atoms. The molecule has 0 heterocycles. The summed E-state index contributed by atoms with van der Waals surface area (Å²) in [4.78, 5) is 10.1. The Kier molecular flexibility index (Phi) is 17.1. The topological polar surface area (TPSA) is 60.4 Å². The molecule has 0 aliphatic rings. The molecule has 0 saturated carbocycles. The lowest BCUT2D eigenvalue weighted by Gasteiger charge is -2.00. The van der Waals surface area contributed by atoms with Gasteiger partial charge < -0.3 is 15.0 Å². The zero-order valence-corrected chi connectivity index (χ0v) is 14.2. The van der Waals surface area contributed by atoms with Gasteiger partial charge in [-0.3, -0.25) is 0 Å². The maximum absolute atomic E-state index is 10.1. The largest absolute Gasteiger partial charge is 0.545 e. The second kappa shape index (κ2) is 18.4. The normalized spacial score (nSPS) is 12.4. The van der Waals surface area contributed by atoms with Gasteiger partial charge in [0, 0.05) is 6.61 Å². The van der Waals surface area contributed by atoms with E-state index in [0.29, 0.717) is 6.61 Å². The monoisotopic (exact) mass is 319 g/mol. The molecule has 0 unspecified atom stereocenters. The molecule has 0 aliphatic carbocycles. The number of carboxylic acids is 1. The molecule has 0 bridgehead atoms. The average molecular weight is 319 g/mol. The van der Waals surface area contributed by atoms with Crippen molar-refractivity contribution >= 4 is 5.97 Å². The van der Waals surface area contributed by atoms with Crippen LogP contribution in [0.5, 0.6) is 0 Å². The number of aliphatic hydroxyl groups excluding tert-OH is 1. The smallest absolute Gasteiger partial charge is 0.0642 e. The molecule has 0 aromatic heterocycles. The van der Waals surface area contributed by atoms with Gasteiger partial charge in [-0.15, -0.1) is 0 Å². The number of allylic oxidation sites excluding steroid dienone is 7. The van der Waals surface area contributed by atoms with Crippen molar-refractivity contribution in [3.05, 3.63) is 48.6 Å². The van der Waals surface area contributed by atoms with E-state index in [9.17, 15) is 9.90 Å². The summed E-state index contributed by atoms with van der Waals surface area (Å²) < 4.78 is 0. The third-order valence-electron chi connectivity index (χ3n) is 3.45. The minimum absolute atomic E-state index is 0.332. The van der Waals surface area contributed by atoms with Crippen LogP contribution < -0.4 is 5.11 Å². The van der Waals surface area contributed by atoms with E-state index < -0.39 is 5.97 Å². The van der Waals surface area contributed by atoms with E-state index >= 15 is 0 Å². The van der Waals surface area contributed by atoms with Crippen molar-refractivity contribution in [2.24, 2.45) is 0 Å². The molecule has 0 radical (unpaired) electrons. The summed E-state index contributed by atoms with van der Waals surface area (Å²) in [6, 6.07) is 0. The number of carboxylic acid groups (broad SMARTS) is 1. The van der Waals surface area contributed by atoms with Gasteiger partial charge in [-0.05, 0) is 25.3 Å². The Morgan fingerprint density at radius 3 is 1.74 bits per heavy atom. The molecule has 130 valence electrons. The third-order valence-corrected chi connectivity index (χ3v) is 3.45. The van der Waals surface area contributed by atoms with Crippen LogP contribution in [0.15, 0.2) is 48.6 Å². The first-order valence-corrected chi connectivity index (χ1v) is 8.75.